The molecule has 3 atom stereocenters. The molecule has 0 aromatic rings. The smallest absolute Gasteiger partial charge is 0.0488 e. The zero-order valence-corrected chi connectivity index (χ0v) is 12.8. The molecule has 0 aromatic heterocycles. The van der Waals surface area contributed by atoms with Crippen LogP contribution in [0.25, 0.3) is 0 Å². The Morgan fingerprint density at radius 1 is 1.21 bits per heavy atom. The van der Waals surface area contributed by atoms with Crippen molar-refractivity contribution in [1.82, 2.24) is 14.7 Å². The van der Waals surface area contributed by atoms with Gasteiger partial charge >= 0.3 is 0 Å². The molecule has 4 aliphatic rings. The highest BCUT2D eigenvalue weighted by molar-refractivity contribution is 5.09. The van der Waals surface area contributed by atoms with Gasteiger partial charge in [0.05, 0.1) is 0 Å². The molecule has 0 amide bonds. The number of piperidine rings is 3. The summed E-state index contributed by atoms with van der Waals surface area (Å²) < 4.78 is 0. The number of hydrogen-bond donors (Lipinski definition) is 1. The van der Waals surface area contributed by atoms with Crippen molar-refractivity contribution in [2.24, 2.45) is 17.6 Å². The number of rotatable bonds is 3. The molecule has 4 nitrogen and oxygen atoms in total. The van der Waals surface area contributed by atoms with Crippen LogP contribution < -0.4 is 5.73 Å². The first kappa shape index (κ1) is 13.8. The minimum Gasteiger partial charge on any atom is -0.329 e. The Labute approximate surface area is 117 Å². The van der Waals surface area contributed by atoms with Crippen LogP contribution in [0.3, 0.4) is 0 Å². The molecule has 0 saturated carbocycles. The molecule has 0 radical (unpaired) electrons. The van der Waals surface area contributed by atoms with Crippen LogP contribution in [0.15, 0.2) is 0 Å². The number of fused-ring (bicyclic) bond motifs is 3. The summed E-state index contributed by atoms with van der Waals surface area (Å²) in [6, 6.07) is 0.693. The standard InChI is InChI=1S/C15H30N4/c1-12-8-19(9-14(12)17(2)3)15(10-16)11-18-6-4-13(15)5-7-18/h12-14H,4-11,16H2,1-3H3. The summed E-state index contributed by atoms with van der Waals surface area (Å²) in [5.41, 5.74) is 6.56. The van der Waals surface area contributed by atoms with Crippen LogP contribution in [-0.4, -0.2) is 79.6 Å². The Kier molecular flexibility index (Phi) is 3.63. The molecule has 0 spiro atoms. The van der Waals surface area contributed by atoms with Gasteiger partial charge in [0.2, 0.25) is 0 Å². The molecule has 4 saturated heterocycles. The minimum atomic E-state index is 0.273. The number of nitrogens with two attached hydrogens (primary N) is 1. The first-order valence-corrected chi connectivity index (χ1v) is 7.91. The first-order chi connectivity index (χ1) is 9.06. The molecule has 4 heteroatoms. The van der Waals surface area contributed by atoms with Gasteiger partial charge in [-0.15, -0.1) is 0 Å². The van der Waals surface area contributed by atoms with E-state index in [0.717, 1.165) is 18.4 Å². The van der Waals surface area contributed by atoms with Gasteiger partial charge in [-0.2, -0.15) is 0 Å². The highest BCUT2D eigenvalue weighted by atomic mass is 15.3. The van der Waals surface area contributed by atoms with Crippen LogP contribution in [0.5, 0.6) is 0 Å². The van der Waals surface area contributed by atoms with E-state index in [9.17, 15) is 0 Å². The lowest BCUT2D eigenvalue weighted by molar-refractivity contribution is -0.0599. The number of hydrogen-bond acceptors (Lipinski definition) is 4. The number of likely N-dealkylation sites (N-methyl/N-ethyl adjacent to an activating group) is 1. The maximum Gasteiger partial charge on any atom is 0.0488 e. The van der Waals surface area contributed by atoms with Crippen molar-refractivity contribution < 1.29 is 0 Å². The molecular formula is C15H30N4. The van der Waals surface area contributed by atoms with E-state index in [-0.39, 0.29) is 5.54 Å². The Balaban J connectivity index is 1.80. The van der Waals surface area contributed by atoms with Crippen molar-refractivity contribution in [3.63, 3.8) is 0 Å². The predicted molar refractivity (Wildman–Crippen MR) is 79.2 cm³/mol. The highest BCUT2D eigenvalue weighted by Gasteiger charge is 2.52. The van der Waals surface area contributed by atoms with E-state index >= 15 is 0 Å². The Hall–Kier alpha value is -0.160. The van der Waals surface area contributed by atoms with E-state index in [1.165, 1.54) is 45.6 Å². The summed E-state index contributed by atoms with van der Waals surface area (Å²) in [4.78, 5) is 7.79. The molecule has 4 heterocycles. The van der Waals surface area contributed by atoms with E-state index in [1.54, 1.807) is 0 Å². The average Bonchev–Trinajstić information content (AvgIpc) is 2.82. The van der Waals surface area contributed by atoms with Crippen molar-refractivity contribution in [2.45, 2.75) is 31.3 Å². The fourth-order valence-electron chi connectivity index (χ4n) is 4.85. The molecule has 19 heavy (non-hydrogen) atoms. The lowest BCUT2D eigenvalue weighted by Crippen LogP contribution is -2.69. The van der Waals surface area contributed by atoms with Gasteiger partial charge in [-0.25, -0.2) is 0 Å². The van der Waals surface area contributed by atoms with Crippen molar-refractivity contribution >= 4 is 0 Å². The molecule has 4 fully saturated rings. The number of nitrogens with zero attached hydrogens (tertiary/aromatic N) is 3. The van der Waals surface area contributed by atoms with Gasteiger partial charge in [-0.1, -0.05) is 6.92 Å². The third-order valence-corrected chi connectivity index (χ3v) is 6.06. The summed E-state index contributed by atoms with van der Waals surface area (Å²) in [6.45, 7) is 9.47. The quantitative estimate of drug-likeness (QED) is 0.796. The largest absolute Gasteiger partial charge is 0.329 e. The normalized spacial score (nSPS) is 47.2. The summed E-state index contributed by atoms with van der Waals surface area (Å²) in [6.07, 6.45) is 2.71. The van der Waals surface area contributed by atoms with Gasteiger partial charge in [0.15, 0.2) is 0 Å². The van der Waals surface area contributed by atoms with Gasteiger partial charge in [0, 0.05) is 37.8 Å². The van der Waals surface area contributed by atoms with Crippen LogP contribution in [0.4, 0.5) is 0 Å². The molecule has 2 bridgehead atoms. The molecular weight excluding hydrogens is 236 g/mol. The Morgan fingerprint density at radius 2 is 1.89 bits per heavy atom. The Bertz CT molecular complexity index is 324. The van der Waals surface area contributed by atoms with Gasteiger partial charge in [0.25, 0.3) is 0 Å². The number of likely N-dealkylation sites (tertiary alicyclic amines) is 1. The van der Waals surface area contributed by atoms with Gasteiger partial charge in [-0.3, -0.25) is 4.90 Å². The van der Waals surface area contributed by atoms with E-state index in [0.29, 0.717) is 6.04 Å². The third kappa shape index (κ3) is 2.13. The molecule has 4 rings (SSSR count). The molecule has 110 valence electrons. The van der Waals surface area contributed by atoms with Crippen LogP contribution in [0.2, 0.25) is 0 Å². The van der Waals surface area contributed by atoms with Gasteiger partial charge in [0.1, 0.15) is 0 Å². The van der Waals surface area contributed by atoms with E-state index in [4.69, 9.17) is 5.73 Å². The zero-order chi connectivity index (χ0) is 13.6. The third-order valence-electron chi connectivity index (χ3n) is 6.06. The minimum absolute atomic E-state index is 0.273. The topological polar surface area (TPSA) is 35.7 Å². The SMILES string of the molecule is CC1CN(C2(CN)CN3CCC2CC3)CC1N(C)C. The highest BCUT2D eigenvalue weighted by Crippen LogP contribution is 2.41. The zero-order valence-electron chi connectivity index (χ0n) is 12.8. The second-order valence-corrected chi connectivity index (χ2v) is 7.27. The van der Waals surface area contributed by atoms with E-state index in [2.05, 4.69) is 35.7 Å². The van der Waals surface area contributed by atoms with Crippen molar-refractivity contribution in [2.75, 3.05) is 53.4 Å². The van der Waals surface area contributed by atoms with Crippen LogP contribution in [0.1, 0.15) is 19.8 Å². The van der Waals surface area contributed by atoms with Crippen molar-refractivity contribution in [3.8, 4) is 0 Å². The molecule has 0 aliphatic carbocycles. The monoisotopic (exact) mass is 266 g/mol. The van der Waals surface area contributed by atoms with Crippen molar-refractivity contribution in [1.29, 1.82) is 0 Å². The summed E-state index contributed by atoms with van der Waals surface area (Å²) in [7, 11) is 4.44. The average molecular weight is 266 g/mol. The van der Waals surface area contributed by atoms with E-state index < -0.39 is 0 Å². The van der Waals surface area contributed by atoms with Crippen LogP contribution >= 0.6 is 0 Å². The summed E-state index contributed by atoms with van der Waals surface area (Å²) in [5, 5.41) is 0. The van der Waals surface area contributed by atoms with E-state index in [1.807, 2.05) is 0 Å². The second-order valence-electron chi connectivity index (χ2n) is 7.27. The lowest BCUT2D eigenvalue weighted by atomic mass is 9.71. The fraction of sp³-hybridized carbons (Fsp3) is 1.00. The summed E-state index contributed by atoms with van der Waals surface area (Å²) >= 11 is 0. The van der Waals surface area contributed by atoms with Crippen LogP contribution in [0, 0.1) is 11.8 Å². The molecule has 4 aliphatic heterocycles. The second kappa shape index (κ2) is 4.99. The lowest BCUT2D eigenvalue weighted by Gasteiger charge is -2.57. The van der Waals surface area contributed by atoms with Gasteiger partial charge in [-0.05, 0) is 51.9 Å². The Morgan fingerprint density at radius 3 is 2.32 bits per heavy atom. The molecule has 2 N–H and O–H groups in total. The van der Waals surface area contributed by atoms with Crippen molar-refractivity contribution in [3.05, 3.63) is 0 Å². The molecule has 3 unspecified atom stereocenters. The first-order valence-electron chi connectivity index (χ1n) is 7.91. The maximum absolute atomic E-state index is 6.29. The van der Waals surface area contributed by atoms with Crippen LogP contribution in [-0.2, 0) is 0 Å². The summed E-state index contributed by atoms with van der Waals surface area (Å²) in [5.74, 6) is 1.59. The van der Waals surface area contributed by atoms with Gasteiger partial charge < -0.3 is 15.5 Å². The fourth-order valence-corrected chi connectivity index (χ4v) is 4.85. The maximum atomic E-state index is 6.29. The predicted octanol–water partition coefficient (Wildman–Crippen LogP) is 0.291. The molecule has 0 aromatic carbocycles.